The number of rotatable bonds is 3. The summed E-state index contributed by atoms with van der Waals surface area (Å²) in [5, 5.41) is 20.5. The number of thioether (sulfide) groups is 1. The Kier molecular flexibility index (Phi) is 4.85. The van der Waals surface area contributed by atoms with Crippen molar-refractivity contribution in [2.45, 2.75) is 26.2 Å². The standard InChI is InChI=1S/C17H19NO4S/c1-17(2,3)12-8-11(4-5-13(12)19)9-14-16(22)18(6-7-23-14)10-15(20)21/h4-9,19H,10H2,1-3H3,(H,20,21)/b14-9+. The molecule has 1 amide bonds. The molecule has 0 atom stereocenters. The Morgan fingerprint density at radius 2 is 2.04 bits per heavy atom. The summed E-state index contributed by atoms with van der Waals surface area (Å²) < 4.78 is 0. The second-order valence-electron chi connectivity index (χ2n) is 6.26. The molecule has 5 nitrogen and oxygen atoms in total. The smallest absolute Gasteiger partial charge is 0.323 e. The number of benzene rings is 1. The van der Waals surface area contributed by atoms with E-state index in [0.29, 0.717) is 4.91 Å². The van der Waals surface area contributed by atoms with E-state index in [4.69, 9.17) is 5.11 Å². The van der Waals surface area contributed by atoms with E-state index in [0.717, 1.165) is 16.0 Å². The molecule has 0 bridgehead atoms. The van der Waals surface area contributed by atoms with Crippen LogP contribution in [0.2, 0.25) is 0 Å². The minimum Gasteiger partial charge on any atom is -0.508 e. The summed E-state index contributed by atoms with van der Waals surface area (Å²) in [5.74, 6) is -1.19. The number of hydrogen-bond donors (Lipinski definition) is 2. The molecule has 0 aromatic heterocycles. The van der Waals surface area contributed by atoms with E-state index in [2.05, 4.69) is 0 Å². The molecular formula is C17H19NO4S. The lowest BCUT2D eigenvalue weighted by Gasteiger charge is -2.22. The van der Waals surface area contributed by atoms with Crippen molar-refractivity contribution in [3.05, 3.63) is 45.8 Å². The lowest BCUT2D eigenvalue weighted by Crippen LogP contribution is -2.32. The summed E-state index contributed by atoms with van der Waals surface area (Å²) in [6.07, 6.45) is 3.18. The zero-order valence-electron chi connectivity index (χ0n) is 13.2. The van der Waals surface area contributed by atoms with Crippen LogP contribution in [0.5, 0.6) is 5.75 Å². The number of phenols is 1. The van der Waals surface area contributed by atoms with Gasteiger partial charge in [-0.15, -0.1) is 0 Å². The molecule has 2 N–H and O–H groups in total. The fourth-order valence-corrected chi connectivity index (χ4v) is 2.97. The van der Waals surface area contributed by atoms with Crippen LogP contribution in [0.3, 0.4) is 0 Å². The molecule has 0 radical (unpaired) electrons. The van der Waals surface area contributed by atoms with Crippen LogP contribution in [0.15, 0.2) is 34.7 Å². The van der Waals surface area contributed by atoms with Crippen molar-refractivity contribution in [2.75, 3.05) is 6.54 Å². The third-order valence-corrected chi connectivity index (χ3v) is 4.14. The van der Waals surface area contributed by atoms with E-state index in [1.165, 1.54) is 18.0 Å². The largest absolute Gasteiger partial charge is 0.508 e. The first-order valence-corrected chi connectivity index (χ1v) is 7.98. The molecule has 1 heterocycles. The summed E-state index contributed by atoms with van der Waals surface area (Å²) in [7, 11) is 0. The molecule has 0 fully saturated rings. The van der Waals surface area contributed by atoms with Crippen molar-refractivity contribution < 1.29 is 19.8 Å². The van der Waals surface area contributed by atoms with Gasteiger partial charge in [0.2, 0.25) is 0 Å². The number of aliphatic carboxylic acids is 1. The molecule has 1 aromatic rings. The topological polar surface area (TPSA) is 77.8 Å². The Morgan fingerprint density at radius 1 is 1.35 bits per heavy atom. The van der Waals surface area contributed by atoms with Gasteiger partial charge in [0.1, 0.15) is 12.3 Å². The summed E-state index contributed by atoms with van der Waals surface area (Å²) in [6.45, 7) is 5.63. The molecule has 0 aliphatic carbocycles. The minimum atomic E-state index is -1.06. The minimum absolute atomic E-state index is 0.217. The zero-order valence-corrected chi connectivity index (χ0v) is 14.1. The number of carbonyl (C=O) groups excluding carboxylic acids is 1. The van der Waals surface area contributed by atoms with Gasteiger partial charge in [0.15, 0.2) is 0 Å². The third-order valence-electron chi connectivity index (χ3n) is 3.34. The molecule has 1 aromatic carbocycles. The van der Waals surface area contributed by atoms with E-state index in [-0.39, 0.29) is 23.6 Å². The predicted molar refractivity (Wildman–Crippen MR) is 90.9 cm³/mol. The first-order valence-electron chi connectivity index (χ1n) is 7.10. The molecule has 122 valence electrons. The number of phenolic OH excluding ortho intramolecular Hbond substituents is 1. The summed E-state index contributed by atoms with van der Waals surface area (Å²) in [6, 6.07) is 5.18. The molecule has 23 heavy (non-hydrogen) atoms. The Balaban J connectivity index is 2.33. The molecule has 2 rings (SSSR count). The maximum Gasteiger partial charge on any atom is 0.323 e. The quantitative estimate of drug-likeness (QED) is 0.831. The first-order chi connectivity index (χ1) is 10.7. The number of carbonyl (C=O) groups is 2. The van der Waals surface area contributed by atoms with Crippen LogP contribution in [0.25, 0.3) is 6.08 Å². The number of carboxylic acids is 1. The first kappa shape index (κ1) is 17.1. The lowest BCUT2D eigenvalue weighted by atomic mass is 9.85. The molecule has 1 aliphatic rings. The SMILES string of the molecule is CC(C)(C)c1cc(/C=C2/SC=CN(CC(=O)O)C2=O)ccc1O. The summed E-state index contributed by atoms with van der Waals surface area (Å²) in [4.78, 5) is 24.7. The third kappa shape index (κ3) is 4.16. The van der Waals surface area contributed by atoms with Gasteiger partial charge in [-0.2, -0.15) is 0 Å². The number of nitrogens with zero attached hydrogens (tertiary/aromatic N) is 1. The van der Waals surface area contributed by atoms with Crippen molar-refractivity contribution in [2.24, 2.45) is 0 Å². The second-order valence-corrected chi connectivity index (χ2v) is 7.21. The Morgan fingerprint density at radius 3 is 2.65 bits per heavy atom. The molecule has 0 saturated heterocycles. The molecule has 1 aliphatic heterocycles. The fraction of sp³-hybridized carbons (Fsp3) is 0.294. The van der Waals surface area contributed by atoms with Gasteiger partial charge in [0, 0.05) is 6.20 Å². The van der Waals surface area contributed by atoms with E-state index in [1.807, 2.05) is 26.8 Å². The Hall–Kier alpha value is -2.21. The zero-order chi connectivity index (χ0) is 17.2. The molecule has 0 unspecified atom stereocenters. The van der Waals surface area contributed by atoms with Gasteiger partial charge in [-0.05, 0) is 40.2 Å². The van der Waals surface area contributed by atoms with Gasteiger partial charge in [-0.3, -0.25) is 9.59 Å². The van der Waals surface area contributed by atoms with Crippen LogP contribution >= 0.6 is 11.8 Å². The molecular weight excluding hydrogens is 314 g/mol. The van der Waals surface area contributed by atoms with Gasteiger partial charge in [0.25, 0.3) is 5.91 Å². The number of carboxylic acid groups (broad SMARTS) is 1. The second kappa shape index (κ2) is 6.50. The van der Waals surface area contributed by atoms with Crippen molar-refractivity contribution in [1.82, 2.24) is 4.90 Å². The van der Waals surface area contributed by atoms with E-state index >= 15 is 0 Å². The van der Waals surface area contributed by atoms with Crippen LogP contribution in [-0.4, -0.2) is 33.5 Å². The van der Waals surface area contributed by atoms with Crippen molar-refractivity contribution in [1.29, 1.82) is 0 Å². The summed E-state index contributed by atoms with van der Waals surface area (Å²) in [5.41, 5.74) is 1.35. The highest BCUT2D eigenvalue weighted by Gasteiger charge is 2.23. The average molecular weight is 333 g/mol. The van der Waals surface area contributed by atoms with Crippen molar-refractivity contribution in [3.63, 3.8) is 0 Å². The summed E-state index contributed by atoms with van der Waals surface area (Å²) >= 11 is 1.25. The number of hydrogen-bond acceptors (Lipinski definition) is 4. The predicted octanol–water partition coefficient (Wildman–Crippen LogP) is 3.16. The normalized spacial score (nSPS) is 16.9. The van der Waals surface area contributed by atoms with Crippen LogP contribution in [0, 0.1) is 0 Å². The molecule has 6 heteroatoms. The van der Waals surface area contributed by atoms with Crippen molar-refractivity contribution >= 4 is 29.7 Å². The maximum atomic E-state index is 12.3. The van der Waals surface area contributed by atoms with E-state index < -0.39 is 5.97 Å². The maximum absolute atomic E-state index is 12.3. The van der Waals surface area contributed by atoms with E-state index in [1.54, 1.807) is 23.6 Å². The van der Waals surface area contributed by atoms with Crippen LogP contribution in [-0.2, 0) is 15.0 Å². The van der Waals surface area contributed by atoms with Crippen LogP contribution < -0.4 is 0 Å². The van der Waals surface area contributed by atoms with Gasteiger partial charge >= 0.3 is 5.97 Å². The van der Waals surface area contributed by atoms with Crippen LogP contribution in [0.4, 0.5) is 0 Å². The number of amides is 1. The van der Waals surface area contributed by atoms with Gasteiger partial charge in [0.05, 0.1) is 4.91 Å². The van der Waals surface area contributed by atoms with Crippen molar-refractivity contribution in [3.8, 4) is 5.75 Å². The highest BCUT2D eigenvalue weighted by molar-refractivity contribution is 8.06. The number of aromatic hydroxyl groups is 1. The average Bonchev–Trinajstić information content (AvgIpc) is 2.43. The Labute approximate surface area is 139 Å². The van der Waals surface area contributed by atoms with Gasteiger partial charge in [-0.1, -0.05) is 38.6 Å². The van der Waals surface area contributed by atoms with Gasteiger partial charge in [-0.25, -0.2) is 0 Å². The highest BCUT2D eigenvalue weighted by atomic mass is 32.2. The lowest BCUT2D eigenvalue weighted by molar-refractivity contribution is -0.141. The van der Waals surface area contributed by atoms with Crippen LogP contribution in [0.1, 0.15) is 31.9 Å². The van der Waals surface area contributed by atoms with E-state index in [9.17, 15) is 14.7 Å². The monoisotopic (exact) mass is 333 g/mol. The molecule has 0 spiro atoms. The fourth-order valence-electron chi connectivity index (χ4n) is 2.20. The highest BCUT2D eigenvalue weighted by Crippen LogP contribution is 2.33. The Bertz CT molecular complexity index is 701. The van der Waals surface area contributed by atoms with Gasteiger partial charge < -0.3 is 15.1 Å². The molecule has 0 saturated carbocycles.